The van der Waals surface area contributed by atoms with Crippen molar-refractivity contribution in [3.63, 3.8) is 0 Å². The van der Waals surface area contributed by atoms with Gasteiger partial charge >= 0.3 is 5.97 Å². The van der Waals surface area contributed by atoms with E-state index in [-0.39, 0.29) is 18.4 Å². The van der Waals surface area contributed by atoms with Crippen LogP contribution >= 0.6 is 0 Å². The van der Waals surface area contributed by atoms with E-state index < -0.39 is 5.60 Å². The third-order valence-corrected chi connectivity index (χ3v) is 2.40. The fourth-order valence-corrected chi connectivity index (χ4v) is 1.50. The summed E-state index contributed by atoms with van der Waals surface area (Å²) < 4.78 is 7.07. The molecule has 0 aliphatic rings. The lowest BCUT2D eigenvalue weighted by atomic mass is 10.0. The number of nitrogens with two attached hydrogens (primary N) is 1. The molecule has 96 valence electrons. The lowest BCUT2D eigenvalue weighted by Gasteiger charge is -2.23. The largest absolute Gasteiger partial charge is 0.460 e. The van der Waals surface area contributed by atoms with Gasteiger partial charge in [-0.1, -0.05) is 0 Å². The van der Waals surface area contributed by atoms with Gasteiger partial charge in [-0.05, 0) is 26.8 Å². The normalized spacial score (nSPS) is 13.5. The first-order valence-electron chi connectivity index (χ1n) is 5.73. The van der Waals surface area contributed by atoms with Gasteiger partial charge in [0.1, 0.15) is 5.60 Å². The van der Waals surface area contributed by atoms with Crippen molar-refractivity contribution in [3.8, 4) is 0 Å². The highest BCUT2D eigenvalue weighted by molar-refractivity contribution is 5.73. The van der Waals surface area contributed by atoms with Crippen molar-refractivity contribution < 1.29 is 9.53 Å². The van der Waals surface area contributed by atoms with Crippen LogP contribution in [0.5, 0.6) is 0 Å². The highest BCUT2D eigenvalue weighted by Crippen LogP contribution is 2.14. The second-order valence-corrected chi connectivity index (χ2v) is 5.12. The molecule has 5 nitrogen and oxygen atoms in total. The van der Waals surface area contributed by atoms with E-state index in [2.05, 4.69) is 5.10 Å². The van der Waals surface area contributed by atoms with Crippen LogP contribution in [-0.4, -0.2) is 27.9 Å². The SMILES string of the molecule is Cn1nccc1CC(CN)C(=O)OC(C)(C)C. The summed E-state index contributed by atoms with van der Waals surface area (Å²) in [5.41, 5.74) is 6.13. The third-order valence-electron chi connectivity index (χ3n) is 2.40. The van der Waals surface area contributed by atoms with Crippen LogP contribution in [0.15, 0.2) is 12.3 Å². The average molecular weight is 239 g/mol. The molecule has 1 heterocycles. The van der Waals surface area contributed by atoms with Crippen molar-refractivity contribution in [1.29, 1.82) is 0 Å². The van der Waals surface area contributed by atoms with Gasteiger partial charge in [0.2, 0.25) is 0 Å². The van der Waals surface area contributed by atoms with E-state index in [0.29, 0.717) is 6.42 Å². The van der Waals surface area contributed by atoms with E-state index in [9.17, 15) is 4.79 Å². The molecule has 0 bridgehead atoms. The molecular weight excluding hydrogens is 218 g/mol. The van der Waals surface area contributed by atoms with Gasteiger partial charge in [-0.2, -0.15) is 5.10 Å². The Bertz CT molecular complexity index is 379. The van der Waals surface area contributed by atoms with Crippen molar-refractivity contribution in [3.05, 3.63) is 18.0 Å². The smallest absolute Gasteiger partial charge is 0.311 e. The van der Waals surface area contributed by atoms with E-state index in [0.717, 1.165) is 5.69 Å². The number of carbonyl (C=O) groups is 1. The number of ether oxygens (including phenoxy) is 1. The molecule has 1 unspecified atom stereocenters. The lowest BCUT2D eigenvalue weighted by Crippen LogP contribution is -2.34. The molecule has 5 heteroatoms. The van der Waals surface area contributed by atoms with E-state index in [4.69, 9.17) is 10.5 Å². The standard InChI is InChI=1S/C12H21N3O2/c1-12(2,3)17-11(16)9(8-13)7-10-5-6-14-15(10)4/h5-6,9H,7-8,13H2,1-4H3. The zero-order chi connectivity index (χ0) is 13.1. The summed E-state index contributed by atoms with van der Waals surface area (Å²) in [5, 5.41) is 4.06. The minimum atomic E-state index is -0.475. The van der Waals surface area contributed by atoms with Crippen LogP contribution in [0.1, 0.15) is 26.5 Å². The summed E-state index contributed by atoms with van der Waals surface area (Å²) in [7, 11) is 1.85. The third kappa shape index (κ3) is 4.19. The highest BCUT2D eigenvalue weighted by atomic mass is 16.6. The number of carbonyl (C=O) groups excluding carboxylic acids is 1. The second kappa shape index (κ2) is 5.31. The number of aryl methyl sites for hydroxylation is 1. The first-order valence-corrected chi connectivity index (χ1v) is 5.73. The maximum Gasteiger partial charge on any atom is 0.311 e. The molecular formula is C12H21N3O2. The van der Waals surface area contributed by atoms with Crippen LogP contribution in [0.4, 0.5) is 0 Å². The number of hydrogen-bond donors (Lipinski definition) is 1. The maximum absolute atomic E-state index is 11.9. The first kappa shape index (κ1) is 13.7. The molecule has 0 amide bonds. The van der Waals surface area contributed by atoms with E-state index >= 15 is 0 Å². The number of aromatic nitrogens is 2. The van der Waals surface area contributed by atoms with Crippen molar-refractivity contribution in [2.45, 2.75) is 32.8 Å². The van der Waals surface area contributed by atoms with E-state index in [1.807, 2.05) is 33.9 Å². The number of nitrogens with zero attached hydrogens (tertiary/aromatic N) is 2. The fraction of sp³-hybridized carbons (Fsp3) is 0.667. The molecule has 0 spiro atoms. The number of hydrogen-bond acceptors (Lipinski definition) is 4. The number of esters is 1. The van der Waals surface area contributed by atoms with E-state index in [1.54, 1.807) is 10.9 Å². The van der Waals surface area contributed by atoms with Crippen molar-refractivity contribution in [2.75, 3.05) is 6.54 Å². The van der Waals surface area contributed by atoms with Gasteiger partial charge in [-0.25, -0.2) is 0 Å². The van der Waals surface area contributed by atoms with Crippen LogP contribution < -0.4 is 5.73 Å². The Kier molecular flexibility index (Phi) is 4.28. The predicted octanol–water partition coefficient (Wildman–Crippen LogP) is 0.879. The van der Waals surface area contributed by atoms with Crippen molar-refractivity contribution in [2.24, 2.45) is 18.7 Å². The molecule has 0 radical (unpaired) electrons. The molecule has 1 aromatic rings. The minimum Gasteiger partial charge on any atom is -0.460 e. The van der Waals surface area contributed by atoms with Gasteiger partial charge in [-0.15, -0.1) is 0 Å². The van der Waals surface area contributed by atoms with Gasteiger partial charge < -0.3 is 10.5 Å². The second-order valence-electron chi connectivity index (χ2n) is 5.12. The molecule has 1 rings (SSSR count). The molecule has 17 heavy (non-hydrogen) atoms. The Morgan fingerprint density at radius 1 is 1.59 bits per heavy atom. The average Bonchev–Trinajstić information content (AvgIpc) is 2.57. The molecule has 1 aromatic heterocycles. The van der Waals surface area contributed by atoms with Gasteiger partial charge in [0.15, 0.2) is 0 Å². The summed E-state index contributed by atoms with van der Waals surface area (Å²) in [4.78, 5) is 11.9. The Morgan fingerprint density at radius 2 is 2.24 bits per heavy atom. The lowest BCUT2D eigenvalue weighted by molar-refractivity contribution is -0.159. The quantitative estimate of drug-likeness (QED) is 0.792. The molecule has 1 atom stereocenters. The van der Waals surface area contributed by atoms with Gasteiger partial charge in [0, 0.05) is 31.9 Å². The molecule has 0 saturated carbocycles. The first-order chi connectivity index (χ1) is 7.83. The fourth-order valence-electron chi connectivity index (χ4n) is 1.50. The summed E-state index contributed by atoms with van der Waals surface area (Å²) in [5.74, 6) is -0.564. The molecule has 0 aliphatic heterocycles. The van der Waals surface area contributed by atoms with Crippen LogP contribution in [0.2, 0.25) is 0 Å². The maximum atomic E-state index is 11.9. The van der Waals surface area contributed by atoms with Crippen LogP contribution in [0, 0.1) is 5.92 Å². The van der Waals surface area contributed by atoms with Gasteiger partial charge in [0.25, 0.3) is 0 Å². The summed E-state index contributed by atoms with van der Waals surface area (Å²) >= 11 is 0. The Morgan fingerprint density at radius 3 is 2.65 bits per heavy atom. The Labute approximate surface area is 102 Å². The Balaban J connectivity index is 2.66. The highest BCUT2D eigenvalue weighted by Gasteiger charge is 2.25. The predicted molar refractivity (Wildman–Crippen MR) is 65.3 cm³/mol. The number of rotatable bonds is 4. The summed E-state index contributed by atoms with van der Waals surface area (Å²) in [6.45, 7) is 5.83. The molecule has 0 aliphatic carbocycles. The Hall–Kier alpha value is -1.36. The minimum absolute atomic E-state index is 0.249. The summed E-state index contributed by atoms with van der Waals surface area (Å²) in [6.07, 6.45) is 2.26. The van der Waals surface area contributed by atoms with Crippen molar-refractivity contribution in [1.82, 2.24) is 9.78 Å². The summed E-state index contributed by atoms with van der Waals surface area (Å²) in [6, 6.07) is 1.88. The molecule has 0 saturated heterocycles. The topological polar surface area (TPSA) is 70.1 Å². The zero-order valence-electron chi connectivity index (χ0n) is 10.9. The molecule has 0 aromatic carbocycles. The van der Waals surface area contributed by atoms with Crippen LogP contribution in [0.25, 0.3) is 0 Å². The van der Waals surface area contributed by atoms with Gasteiger partial charge in [-0.3, -0.25) is 9.48 Å². The van der Waals surface area contributed by atoms with E-state index in [1.165, 1.54) is 0 Å². The molecule has 2 N–H and O–H groups in total. The molecule has 0 fully saturated rings. The van der Waals surface area contributed by atoms with Crippen LogP contribution in [0.3, 0.4) is 0 Å². The monoisotopic (exact) mass is 239 g/mol. The zero-order valence-corrected chi connectivity index (χ0v) is 10.9. The van der Waals surface area contributed by atoms with Crippen molar-refractivity contribution >= 4 is 5.97 Å². The van der Waals surface area contributed by atoms with Gasteiger partial charge in [0.05, 0.1) is 5.92 Å². The van der Waals surface area contributed by atoms with Crippen LogP contribution in [-0.2, 0) is 23.0 Å².